The molecule has 3 heteroatoms. The van der Waals surface area contributed by atoms with E-state index in [2.05, 4.69) is 35.2 Å². The number of hydrogen-bond donors (Lipinski definition) is 1. The van der Waals surface area contributed by atoms with Gasteiger partial charge in [0.15, 0.2) is 0 Å². The molecule has 0 spiro atoms. The molecule has 0 aliphatic heterocycles. The zero-order chi connectivity index (χ0) is 11.5. The van der Waals surface area contributed by atoms with Crippen molar-refractivity contribution in [3.63, 3.8) is 0 Å². The van der Waals surface area contributed by atoms with Crippen LogP contribution in [0.1, 0.15) is 26.1 Å². The average Bonchev–Trinajstić information content (AvgIpc) is 2.28. The summed E-state index contributed by atoms with van der Waals surface area (Å²) < 4.78 is 0. The monoisotopic (exact) mass is 215 g/mol. The second kappa shape index (κ2) is 4.47. The van der Waals surface area contributed by atoms with Crippen molar-refractivity contribution in [2.45, 2.75) is 33.2 Å². The predicted molar refractivity (Wildman–Crippen MR) is 67.7 cm³/mol. The zero-order valence-electron chi connectivity index (χ0n) is 9.99. The molecule has 1 aromatic carbocycles. The van der Waals surface area contributed by atoms with Crippen LogP contribution in [0.5, 0.6) is 0 Å². The maximum atomic E-state index is 4.47. The molecular formula is C13H17N3. The van der Waals surface area contributed by atoms with Crippen LogP contribution in [-0.4, -0.2) is 16.0 Å². The summed E-state index contributed by atoms with van der Waals surface area (Å²) in [7, 11) is 0. The van der Waals surface area contributed by atoms with Crippen LogP contribution in [0.3, 0.4) is 0 Å². The minimum atomic E-state index is 0.428. The SMILES string of the molecule is CCC(C)Nc1nc(C)nc2ccccc12. The van der Waals surface area contributed by atoms with Crippen LogP contribution < -0.4 is 5.32 Å². The van der Waals surface area contributed by atoms with Gasteiger partial charge < -0.3 is 5.32 Å². The number of benzene rings is 1. The van der Waals surface area contributed by atoms with Crippen LogP contribution in [-0.2, 0) is 0 Å². The number of nitrogens with zero attached hydrogens (tertiary/aromatic N) is 2. The zero-order valence-corrected chi connectivity index (χ0v) is 9.99. The molecule has 0 radical (unpaired) electrons. The molecule has 0 bridgehead atoms. The number of aromatic nitrogens is 2. The molecule has 0 aliphatic rings. The Labute approximate surface area is 95.9 Å². The molecule has 1 aromatic heterocycles. The first-order valence-corrected chi connectivity index (χ1v) is 5.70. The summed E-state index contributed by atoms with van der Waals surface area (Å²) in [5.74, 6) is 1.75. The second-order valence-electron chi connectivity index (χ2n) is 4.09. The quantitative estimate of drug-likeness (QED) is 0.854. The van der Waals surface area contributed by atoms with E-state index in [0.29, 0.717) is 6.04 Å². The topological polar surface area (TPSA) is 37.8 Å². The molecule has 1 heterocycles. The van der Waals surface area contributed by atoms with Gasteiger partial charge in [0.25, 0.3) is 0 Å². The average molecular weight is 215 g/mol. The largest absolute Gasteiger partial charge is 0.367 e. The highest BCUT2D eigenvalue weighted by Gasteiger charge is 2.06. The van der Waals surface area contributed by atoms with E-state index in [1.165, 1.54) is 0 Å². The molecule has 0 saturated carbocycles. The Hall–Kier alpha value is -1.64. The van der Waals surface area contributed by atoms with E-state index in [1.807, 2.05) is 25.1 Å². The lowest BCUT2D eigenvalue weighted by Gasteiger charge is -2.14. The third-order valence-electron chi connectivity index (χ3n) is 2.71. The molecule has 2 rings (SSSR count). The third-order valence-corrected chi connectivity index (χ3v) is 2.71. The van der Waals surface area contributed by atoms with E-state index >= 15 is 0 Å². The summed E-state index contributed by atoms with van der Waals surface area (Å²) in [5, 5.41) is 4.52. The Balaban J connectivity index is 2.50. The molecule has 0 saturated heterocycles. The van der Waals surface area contributed by atoms with Crippen LogP contribution in [0.25, 0.3) is 10.9 Å². The van der Waals surface area contributed by atoms with Crippen LogP contribution >= 0.6 is 0 Å². The number of anilines is 1. The first kappa shape index (κ1) is 10.9. The number of hydrogen-bond acceptors (Lipinski definition) is 3. The van der Waals surface area contributed by atoms with E-state index < -0.39 is 0 Å². The number of fused-ring (bicyclic) bond motifs is 1. The molecule has 16 heavy (non-hydrogen) atoms. The van der Waals surface area contributed by atoms with Gasteiger partial charge in [-0.05, 0) is 32.4 Å². The van der Waals surface area contributed by atoms with E-state index in [0.717, 1.165) is 29.0 Å². The Kier molecular flexibility index (Phi) is 3.04. The normalized spacial score (nSPS) is 12.7. The van der Waals surface area contributed by atoms with Crippen LogP contribution in [0.4, 0.5) is 5.82 Å². The molecule has 2 aromatic rings. The highest BCUT2D eigenvalue weighted by Crippen LogP contribution is 2.20. The molecule has 1 atom stereocenters. The van der Waals surface area contributed by atoms with Gasteiger partial charge in [-0.3, -0.25) is 0 Å². The molecule has 0 amide bonds. The van der Waals surface area contributed by atoms with Crippen molar-refractivity contribution in [3.05, 3.63) is 30.1 Å². The summed E-state index contributed by atoms with van der Waals surface area (Å²) >= 11 is 0. The van der Waals surface area contributed by atoms with E-state index in [-0.39, 0.29) is 0 Å². The van der Waals surface area contributed by atoms with Gasteiger partial charge in [-0.1, -0.05) is 19.1 Å². The number of rotatable bonds is 3. The van der Waals surface area contributed by atoms with Gasteiger partial charge in [-0.25, -0.2) is 9.97 Å². The van der Waals surface area contributed by atoms with E-state index in [4.69, 9.17) is 0 Å². The summed E-state index contributed by atoms with van der Waals surface area (Å²) in [4.78, 5) is 8.89. The molecule has 1 unspecified atom stereocenters. The van der Waals surface area contributed by atoms with Crippen molar-refractivity contribution >= 4 is 16.7 Å². The van der Waals surface area contributed by atoms with Gasteiger partial charge in [-0.2, -0.15) is 0 Å². The van der Waals surface area contributed by atoms with Gasteiger partial charge in [0, 0.05) is 11.4 Å². The standard InChI is InChI=1S/C13H17N3/c1-4-9(2)14-13-11-7-5-6-8-12(11)15-10(3)16-13/h5-9H,4H2,1-3H3,(H,14,15,16). The number of nitrogens with one attached hydrogen (secondary N) is 1. The smallest absolute Gasteiger partial charge is 0.137 e. The van der Waals surface area contributed by atoms with Gasteiger partial charge in [0.05, 0.1) is 5.52 Å². The van der Waals surface area contributed by atoms with Crippen molar-refractivity contribution < 1.29 is 0 Å². The number of aryl methyl sites for hydroxylation is 1. The van der Waals surface area contributed by atoms with Crippen molar-refractivity contribution in [2.24, 2.45) is 0 Å². The Morgan fingerprint density at radius 1 is 1.25 bits per heavy atom. The highest BCUT2D eigenvalue weighted by molar-refractivity contribution is 5.89. The summed E-state index contributed by atoms with van der Waals surface area (Å²) in [6.45, 7) is 6.24. The Bertz CT molecular complexity index is 494. The van der Waals surface area contributed by atoms with Crippen LogP contribution in [0, 0.1) is 6.92 Å². The lowest BCUT2D eigenvalue weighted by molar-refractivity contribution is 0.759. The summed E-state index contributed by atoms with van der Waals surface area (Å²) in [6, 6.07) is 8.52. The molecular weight excluding hydrogens is 198 g/mol. The minimum Gasteiger partial charge on any atom is -0.367 e. The predicted octanol–water partition coefficient (Wildman–Crippen LogP) is 3.15. The maximum absolute atomic E-state index is 4.47. The lowest BCUT2D eigenvalue weighted by Crippen LogP contribution is -2.15. The van der Waals surface area contributed by atoms with Gasteiger partial charge in [-0.15, -0.1) is 0 Å². The summed E-state index contributed by atoms with van der Waals surface area (Å²) in [6.07, 6.45) is 1.08. The van der Waals surface area contributed by atoms with Crippen molar-refractivity contribution in [1.82, 2.24) is 9.97 Å². The van der Waals surface area contributed by atoms with Crippen molar-refractivity contribution in [1.29, 1.82) is 0 Å². The third kappa shape index (κ3) is 2.13. The van der Waals surface area contributed by atoms with Crippen molar-refractivity contribution in [2.75, 3.05) is 5.32 Å². The molecule has 0 fully saturated rings. The van der Waals surface area contributed by atoms with Crippen LogP contribution in [0.15, 0.2) is 24.3 Å². The first-order chi connectivity index (χ1) is 7.70. The van der Waals surface area contributed by atoms with Gasteiger partial charge >= 0.3 is 0 Å². The number of para-hydroxylation sites is 1. The van der Waals surface area contributed by atoms with E-state index in [9.17, 15) is 0 Å². The maximum Gasteiger partial charge on any atom is 0.137 e. The second-order valence-corrected chi connectivity index (χ2v) is 4.09. The Morgan fingerprint density at radius 3 is 2.75 bits per heavy atom. The molecule has 84 valence electrons. The van der Waals surface area contributed by atoms with Gasteiger partial charge in [0.2, 0.25) is 0 Å². The lowest BCUT2D eigenvalue weighted by atomic mass is 10.2. The van der Waals surface area contributed by atoms with Gasteiger partial charge in [0.1, 0.15) is 11.6 Å². The molecule has 1 N–H and O–H groups in total. The fourth-order valence-corrected chi connectivity index (χ4v) is 1.64. The Morgan fingerprint density at radius 2 is 2.00 bits per heavy atom. The highest BCUT2D eigenvalue weighted by atomic mass is 15.0. The minimum absolute atomic E-state index is 0.428. The van der Waals surface area contributed by atoms with E-state index in [1.54, 1.807) is 0 Å². The molecule has 3 nitrogen and oxygen atoms in total. The van der Waals surface area contributed by atoms with Crippen LogP contribution in [0.2, 0.25) is 0 Å². The molecule has 0 aliphatic carbocycles. The fraction of sp³-hybridized carbons (Fsp3) is 0.385. The summed E-state index contributed by atoms with van der Waals surface area (Å²) in [5.41, 5.74) is 1.00. The van der Waals surface area contributed by atoms with Crippen molar-refractivity contribution in [3.8, 4) is 0 Å². The first-order valence-electron chi connectivity index (χ1n) is 5.70. The fourth-order valence-electron chi connectivity index (χ4n) is 1.64.